The molecule has 6 heteroatoms. The monoisotopic (exact) mass is 382 g/mol. The number of amides is 1. The highest BCUT2D eigenvalue weighted by Crippen LogP contribution is 2.19. The first-order valence-corrected chi connectivity index (χ1v) is 9.88. The summed E-state index contributed by atoms with van der Waals surface area (Å²) in [6, 6.07) is 14.6. The molecule has 0 saturated carbocycles. The van der Waals surface area contributed by atoms with Crippen LogP contribution in [0.1, 0.15) is 30.0 Å². The zero-order valence-electron chi connectivity index (χ0n) is 16.8. The van der Waals surface area contributed by atoms with Gasteiger partial charge in [-0.25, -0.2) is 4.98 Å². The van der Waals surface area contributed by atoms with Crippen molar-refractivity contribution < 1.29 is 9.53 Å². The Kier molecular flexibility index (Phi) is 7.39. The lowest BCUT2D eigenvalue weighted by molar-refractivity contribution is -0.128. The SMILES string of the molecule is COCCN(C)c1ccc(CN[C@@H](CN2CCCC2=O)c2ccccc2)cn1. The molecule has 1 aromatic carbocycles. The topological polar surface area (TPSA) is 57.7 Å². The maximum atomic E-state index is 12.1. The van der Waals surface area contributed by atoms with E-state index in [1.165, 1.54) is 5.56 Å². The van der Waals surface area contributed by atoms with Crippen molar-refractivity contribution in [2.75, 3.05) is 45.3 Å². The van der Waals surface area contributed by atoms with E-state index in [4.69, 9.17) is 4.74 Å². The van der Waals surface area contributed by atoms with Crippen LogP contribution in [-0.4, -0.2) is 56.2 Å². The van der Waals surface area contributed by atoms with Crippen molar-refractivity contribution in [1.82, 2.24) is 15.2 Å². The summed E-state index contributed by atoms with van der Waals surface area (Å²) in [4.78, 5) is 20.7. The number of ether oxygens (including phenoxy) is 1. The van der Waals surface area contributed by atoms with E-state index in [-0.39, 0.29) is 11.9 Å². The zero-order valence-corrected chi connectivity index (χ0v) is 16.8. The molecule has 1 N–H and O–H groups in total. The van der Waals surface area contributed by atoms with Crippen molar-refractivity contribution in [2.24, 2.45) is 0 Å². The van der Waals surface area contributed by atoms with E-state index in [1.54, 1.807) is 7.11 Å². The molecule has 2 heterocycles. The van der Waals surface area contributed by atoms with E-state index >= 15 is 0 Å². The molecule has 3 rings (SSSR count). The van der Waals surface area contributed by atoms with Crippen LogP contribution in [0.3, 0.4) is 0 Å². The number of hydrogen-bond acceptors (Lipinski definition) is 5. The van der Waals surface area contributed by atoms with Crippen LogP contribution in [0.15, 0.2) is 48.7 Å². The highest BCUT2D eigenvalue weighted by molar-refractivity contribution is 5.78. The fourth-order valence-corrected chi connectivity index (χ4v) is 3.42. The Bertz CT molecular complexity index is 736. The lowest BCUT2D eigenvalue weighted by atomic mass is 10.1. The molecular formula is C22H30N4O2. The maximum Gasteiger partial charge on any atom is 0.222 e. The molecule has 6 nitrogen and oxygen atoms in total. The van der Waals surface area contributed by atoms with Crippen molar-refractivity contribution in [2.45, 2.75) is 25.4 Å². The number of aromatic nitrogens is 1. The molecule has 2 aromatic rings. The largest absolute Gasteiger partial charge is 0.383 e. The Morgan fingerprint density at radius 3 is 2.71 bits per heavy atom. The number of carbonyl (C=O) groups is 1. The minimum Gasteiger partial charge on any atom is -0.383 e. The van der Waals surface area contributed by atoms with Gasteiger partial charge in [-0.1, -0.05) is 36.4 Å². The smallest absolute Gasteiger partial charge is 0.222 e. The van der Waals surface area contributed by atoms with Gasteiger partial charge in [-0.15, -0.1) is 0 Å². The van der Waals surface area contributed by atoms with Crippen molar-refractivity contribution in [3.63, 3.8) is 0 Å². The molecule has 1 atom stereocenters. The summed E-state index contributed by atoms with van der Waals surface area (Å²) >= 11 is 0. The molecule has 0 spiro atoms. The second-order valence-corrected chi connectivity index (χ2v) is 7.23. The number of methoxy groups -OCH3 is 1. The van der Waals surface area contributed by atoms with E-state index in [1.807, 2.05) is 42.4 Å². The van der Waals surface area contributed by atoms with Crippen LogP contribution >= 0.6 is 0 Å². The molecular weight excluding hydrogens is 352 g/mol. The molecule has 1 aliphatic heterocycles. The Morgan fingerprint density at radius 2 is 2.07 bits per heavy atom. The summed E-state index contributed by atoms with van der Waals surface area (Å²) in [5.74, 6) is 1.19. The summed E-state index contributed by atoms with van der Waals surface area (Å²) in [6.45, 7) is 3.75. The van der Waals surface area contributed by atoms with E-state index in [0.29, 0.717) is 26.1 Å². The molecule has 1 fully saturated rings. The van der Waals surface area contributed by atoms with Gasteiger partial charge in [0.1, 0.15) is 5.82 Å². The number of anilines is 1. The Hall–Kier alpha value is -2.44. The summed E-state index contributed by atoms with van der Waals surface area (Å²) in [5, 5.41) is 3.62. The standard InChI is InChI=1S/C22H30N4O2/c1-25(13-14-28-2)21-11-10-18(16-24-21)15-23-20(19-7-4-3-5-8-19)17-26-12-6-9-22(26)27/h3-5,7-8,10-11,16,20,23H,6,9,12-15,17H2,1-2H3/t20-/m0/s1. The highest BCUT2D eigenvalue weighted by Gasteiger charge is 2.24. The van der Waals surface area contributed by atoms with Gasteiger partial charge in [0, 0.05) is 53.0 Å². The molecule has 0 unspecified atom stereocenters. The Labute approximate surface area is 167 Å². The van der Waals surface area contributed by atoms with Gasteiger partial charge in [0.05, 0.1) is 12.6 Å². The minimum absolute atomic E-state index is 0.104. The van der Waals surface area contributed by atoms with Gasteiger partial charge in [0.2, 0.25) is 5.91 Å². The molecule has 0 bridgehead atoms. The molecule has 28 heavy (non-hydrogen) atoms. The molecule has 0 aliphatic carbocycles. The average Bonchev–Trinajstić information content (AvgIpc) is 3.14. The number of benzene rings is 1. The number of likely N-dealkylation sites (tertiary alicyclic amines) is 1. The van der Waals surface area contributed by atoms with Crippen LogP contribution < -0.4 is 10.2 Å². The first-order chi connectivity index (χ1) is 13.7. The fraction of sp³-hybridized carbons (Fsp3) is 0.455. The van der Waals surface area contributed by atoms with Gasteiger partial charge in [-0.2, -0.15) is 0 Å². The van der Waals surface area contributed by atoms with Gasteiger partial charge in [-0.05, 0) is 23.6 Å². The molecule has 0 radical (unpaired) electrons. The molecule has 1 saturated heterocycles. The van der Waals surface area contributed by atoms with Gasteiger partial charge in [0.25, 0.3) is 0 Å². The quantitative estimate of drug-likeness (QED) is 0.685. The van der Waals surface area contributed by atoms with Crippen LogP contribution in [0.2, 0.25) is 0 Å². The van der Waals surface area contributed by atoms with Crippen LogP contribution in [0.5, 0.6) is 0 Å². The molecule has 1 aliphatic rings. The predicted octanol–water partition coefficient (Wildman–Crippen LogP) is 2.62. The second-order valence-electron chi connectivity index (χ2n) is 7.23. The lowest BCUT2D eigenvalue weighted by Crippen LogP contribution is -2.35. The van der Waals surface area contributed by atoms with Crippen LogP contribution in [-0.2, 0) is 16.1 Å². The summed E-state index contributed by atoms with van der Waals surface area (Å²) in [5.41, 5.74) is 2.32. The minimum atomic E-state index is 0.104. The predicted molar refractivity (Wildman–Crippen MR) is 111 cm³/mol. The second kappa shape index (κ2) is 10.2. The van der Waals surface area contributed by atoms with Gasteiger partial charge >= 0.3 is 0 Å². The normalized spacial score (nSPS) is 15.1. The number of carbonyl (C=O) groups excluding carboxylic acids is 1. The number of rotatable bonds is 10. The number of pyridine rings is 1. The van der Waals surface area contributed by atoms with Crippen LogP contribution in [0.4, 0.5) is 5.82 Å². The van der Waals surface area contributed by atoms with Crippen molar-refractivity contribution in [3.05, 3.63) is 59.8 Å². The van der Waals surface area contributed by atoms with E-state index in [0.717, 1.165) is 30.9 Å². The number of hydrogen-bond donors (Lipinski definition) is 1. The average molecular weight is 383 g/mol. The Morgan fingerprint density at radius 1 is 1.25 bits per heavy atom. The van der Waals surface area contributed by atoms with E-state index in [9.17, 15) is 4.79 Å². The third kappa shape index (κ3) is 5.53. The zero-order chi connectivity index (χ0) is 19.8. The third-order valence-electron chi connectivity index (χ3n) is 5.16. The molecule has 1 amide bonds. The summed E-state index contributed by atoms with van der Waals surface area (Å²) in [6.07, 6.45) is 3.54. The number of nitrogens with one attached hydrogen (secondary N) is 1. The van der Waals surface area contributed by atoms with Crippen molar-refractivity contribution in [3.8, 4) is 0 Å². The van der Waals surface area contributed by atoms with Crippen LogP contribution in [0, 0.1) is 0 Å². The Balaban J connectivity index is 1.62. The number of likely N-dealkylation sites (N-methyl/N-ethyl adjacent to an activating group) is 1. The van der Waals surface area contributed by atoms with Crippen molar-refractivity contribution in [1.29, 1.82) is 0 Å². The van der Waals surface area contributed by atoms with Gasteiger partial charge in [-0.3, -0.25) is 4.79 Å². The van der Waals surface area contributed by atoms with E-state index in [2.05, 4.69) is 33.4 Å². The van der Waals surface area contributed by atoms with Gasteiger partial charge < -0.3 is 19.9 Å². The van der Waals surface area contributed by atoms with E-state index < -0.39 is 0 Å². The fourth-order valence-electron chi connectivity index (χ4n) is 3.42. The highest BCUT2D eigenvalue weighted by atomic mass is 16.5. The van der Waals surface area contributed by atoms with Gasteiger partial charge in [0.15, 0.2) is 0 Å². The summed E-state index contributed by atoms with van der Waals surface area (Å²) in [7, 11) is 3.71. The molecule has 150 valence electrons. The first kappa shape index (κ1) is 20.3. The number of nitrogens with zero attached hydrogens (tertiary/aromatic N) is 3. The first-order valence-electron chi connectivity index (χ1n) is 9.88. The maximum absolute atomic E-state index is 12.1. The molecule has 1 aromatic heterocycles. The van der Waals surface area contributed by atoms with Crippen molar-refractivity contribution >= 4 is 11.7 Å². The summed E-state index contributed by atoms with van der Waals surface area (Å²) < 4.78 is 5.12. The van der Waals surface area contributed by atoms with Crippen LogP contribution in [0.25, 0.3) is 0 Å². The third-order valence-corrected chi connectivity index (χ3v) is 5.16. The lowest BCUT2D eigenvalue weighted by Gasteiger charge is -2.25.